The molecule has 1 unspecified atom stereocenters. The van der Waals surface area contributed by atoms with E-state index in [1.807, 2.05) is 24.4 Å². The van der Waals surface area contributed by atoms with Crippen molar-refractivity contribution in [3.63, 3.8) is 0 Å². The Kier molecular flexibility index (Phi) is 7.16. The van der Waals surface area contributed by atoms with E-state index in [0.29, 0.717) is 11.8 Å². The Morgan fingerprint density at radius 1 is 1.16 bits per heavy atom. The van der Waals surface area contributed by atoms with E-state index in [4.69, 9.17) is 9.73 Å². The first kappa shape index (κ1) is 21.7. The van der Waals surface area contributed by atoms with Gasteiger partial charge in [0.05, 0.1) is 18.5 Å². The van der Waals surface area contributed by atoms with Gasteiger partial charge in [-0.25, -0.2) is 4.99 Å². The van der Waals surface area contributed by atoms with Crippen LogP contribution in [0.3, 0.4) is 0 Å². The highest BCUT2D eigenvalue weighted by Gasteiger charge is 2.22. The maximum atomic E-state index is 5.68. The fraction of sp³-hybridized carbons (Fsp3) is 0.519. The molecule has 2 bridgehead atoms. The minimum absolute atomic E-state index is 0.597. The molecule has 31 heavy (non-hydrogen) atoms. The van der Waals surface area contributed by atoms with Crippen molar-refractivity contribution in [1.29, 1.82) is 0 Å². The molecule has 1 atom stereocenters. The highest BCUT2D eigenvalue weighted by Crippen LogP contribution is 2.35. The second-order valence-electron chi connectivity index (χ2n) is 9.47. The van der Waals surface area contributed by atoms with Gasteiger partial charge in [-0.2, -0.15) is 0 Å². The summed E-state index contributed by atoms with van der Waals surface area (Å²) in [5.74, 6) is 2.11. The summed E-state index contributed by atoms with van der Waals surface area (Å²) in [4.78, 5) is 11.9. The van der Waals surface area contributed by atoms with Crippen LogP contribution in [-0.2, 0) is 11.2 Å². The Morgan fingerprint density at radius 2 is 1.97 bits per heavy atom. The summed E-state index contributed by atoms with van der Waals surface area (Å²) in [7, 11) is 1.73. The molecule has 0 radical (unpaired) electrons. The molecule has 4 rings (SSSR count). The van der Waals surface area contributed by atoms with Crippen LogP contribution in [0.4, 0.5) is 0 Å². The first-order valence-electron chi connectivity index (χ1n) is 12.1. The quantitative estimate of drug-likeness (QED) is 0.532. The smallest absolute Gasteiger partial charge is 0.146 e. The number of rotatable bonds is 5. The average Bonchev–Trinajstić information content (AvgIpc) is 3.47. The number of aromatic amines is 2. The van der Waals surface area contributed by atoms with Gasteiger partial charge in [0.2, 0.25) is 0 Å². The number of hydrogen-bond acceptors (Lipinski definition) is 2. The molecule has 0 aromatic carbocycles. The van der Waals surface area contributed by atoms with E-state index < -0.39 is 0 Å². The number of ether oxygens (including phenoxy) is 1. The molecule has 2 N–H and O–H groups in total. The summed E-state index contributed by atoms with van der Waals surface area (Å²) in [6.07, 6.45) is 17.8. The number of nitrogens with one attached hydrogen (secondary N) is 2. The lowest BCUT2D eigenvalue weighted by atomic mass is 9.85. The topological polar surface area (TPSA) is 53.2 Å². The monoisotopic (exact) mass is 419 g/mol. The van der Waals surface area contributed by atoms with E-state index in [2.05, 4.69) is 36.0 Å². The molecule has 0 saturated heterocycles. The molecule has 1 aliphatic carbocycles. The average molecular weight is 420 g/mol. The number of aryl methyl sites for hydroxylation is 1. The van der Waals surface area contributed by atoms with Gasteiger partial charge in [-0.1, -0.05) is 46.0 Å². The molecule has 0 fully saturated rings. The molecular weight excluding hydrogens is 382 g/mol. The molecule has 3 heterocycles. The maximum Gasteiger partial charge on any atom is 0.146 e. The molecule has 2 aliphatic rings. The van der Waals surface area contributed by atoms with Crippen molar-refractivity contribution in [2.75, 3.05) is 7.11 Å². The standard InChI is InChI=1S/C27H37N3O/c1-19(2)15-20-11-8-6-4-5-7-9-12-21-16-22(20)24(29-21)17-26-27(31-3)18-25(30-26)23-13-10-14-28-23/h10,13-14,16-20,28-29H,4-9,11-12,15H2,1-3H3. The van der Waals surface area contributed by atoms with E-state index in [9.17, 15) is 0 Å². The highest BCUT2D eigenvalue weighted by atomic mass is 16.5. The Balaban J connectivity index is 1.71. The summed E-state index contributed by atoms with van der Waals surface area (Å²) in [6.45, 7) is 4.69. The van der Waals surface area contributed by atoms with Crippen LogP contribution in [0.5, 0.6) is 0 Å². The number of hydrogen-bond donors (Lipinski definition) is 2. The van der Waals surface area contributed by atoms with Crippen molar-refractivity contribution in [2.24, 2.45) is 10.9 Å². The predicted molar refractivity (Wildman–Crippen MR) is 129 cm³/mol. The molecule has 1 aliphatic heterocycles. The van der Waals surface area contributed by atoms with Crippen LogP contribution in [0.2, 0.25) is 0 Å². The first-order chi connectivity index (χ1) is 15.1. The van der Waals surface area contributed by atoms with Crippen molar-refractivity contribution in [3.05, 3.63) is 64.6 Å². The van der Waals surface area contributed by atoms with Gasteiger partial charge in [-0.05, 0) is 67.4 Å². The van der Waals surface area contributed by atoms with Crippen LogP contribution < -0.4 is 0 Å². The number of allylic oxidation sites excluding steroid dienone is 1. The van der Waals surface area contributed by atoms with Crippen molar-refractivity contribution in [3.8, 4) is 0 Å². The molecular formula is C27H37N3O. The summed E-state index contributed by atoms with van der Waals surface area (Å²) in [6, 6.07) is 6.49. The lowest BCUT2D eigenvalue weighted by Crippen LogP contribution is -2.04. The summed E-state index contributed by atoms with van der Waals surface area (Å²) < 4.78 is 5.68. The zero-order chi connectivity index (χ0) is 21.6. The first-order valence-corrected chi connectivity index (χ1v) is 12.1. The Hall–Kier alpha value is -2.49. The summed E-state index contributed by atoms with van der Waals surface area (Å²) in [5.41, 5.74) is 6.89. The zero-order valence-corrected chi connectivity index (χ0v) is 19.3. The van der Waals surface area contributed by atoms with Crippen LogP contribution in [0.1, 0.15) is 93.8 Å². The summed E-state index contributed by atoms with van der Waals surface area (Å²) >= 11 is 0. The van der Waals surface area contributed by atoms with Crippen molar-refractivity contribution in [1.82, 2.24) is 9.97 Å². The molecule has 0 spiro atoms. The normalized spacial score (nSPS) is 21.5. The molecule has 2 aromatic heterocycles. The van der Waals surface area contributed by atoms with E-state index in [0.717, 1.165) is 29.3 Å². The van der Waals surface area contributed by atoms with Crippen LogP contribution in [-0.4, -0.2) is 22.8 Å². The lowest BCUT2D eigenvalue weighted by Gasteiger charge is -2.20. The van der Waals surface area contributed by atoms with Crippen LogP contribution in [0.15, 0.2) is 46.9 Å². The third-order valence-electron chi connectivity index (χ3n) is 6.52. The number of aromatic nitrogens is 2. The van der Waals surface area contributed by atoms with Crippen molar-refractivity contribution >= 4 is 11.8 Å². The fourth-order valence-electron chi connectivity index (χ4n) is 4.97. The van der Waals surface area contributed by atoms with Gasteiger partial charge < -0.3 is 14.7 Å². The second-order valence-corrected chi connectivity index (χ2v) is 9.47. The molecule has 2 aromatic rings. The number of aliphatic imine (C=N–C) groups is 1. The number of H-pyrrole nitrogens is 2. The SMILES string of the molecule is COC1=CC(c2ccc[nH]2)=NC1=Cc1[nH]c2cc1C(CC(C)C)CCCCCCCC2. The van der Waals surface area contributed by atoms with Gasteiger partial charge >= 0.3 is 0 Å². The molecule has 0 amide bonds. The fourth-order valence-corrected chi connectivity index (χ4v) is 4.97. The van der Waals surface area contributed by atoms with Gasteiger partial charge in [0.1, 0.15) is 11.5 Å². The number of nitrogens with zero attached hydrogens (tertiary/aromatic N) is 1. The van der Waals surface area contributed by atoms with E-state index in [-0.39, 0.29) is 0 Å². The zero-order valence-electron chi connectivity index (χ0n) is 19.3. The predicted octanol–water partition coefficient (Wildman–Crippen LogP) is 7.13. The minimum atomic E-state index is 0.597. The van der Waals surface area contributed by atoms with Gasteiger partial charge in [0.15, 0.2) is 0 Å². The summed E-state index contributed by atoms with van der Waals surface area (Å²) in [5, 5.41) is 0. The Morgan fingerprint density at radius 3 is 2.71 bits per heavy atom. The third-order valence-corrected chi connectivity index (χ3v) is 6.52. The molecule has 166 valence electrons. The van der Waals surface area contributed by atoms with E-state index in [1.165, 1.54) is 68.3 Å². The maximum absolute atomic E-state index is 5.68. The third kappa shape index (κ3) is 5.41. The number of fused-ring (bicyclic) bond motifs is 2. The number of methoxy groups -OCH3 is 1. The largest absolute Gasteiger partial charge is 0.494 e. The van der Waals surface area contributed by atoms with Gasteiger partial charge in [-0.15, -0.1) is 0 Å². The van der Waals surface area contributed by atoms with E-state index >= 15 is 0 Å². The molecule has 4 heteroatoms. The highest BCUT2D eigenvalue weighted by molar-refractivity contribution is 6.11. The molecule has 0 saturated carbocycles. The Bertz CT molecular complexity index is 943. The van der Waals surface area contributed by atoms with Gasteiger partial charge in [0, 0.05) is 23.7 Å². The second kappa shape index (κ2) is 10.2. The van der Waals surface area contributed by atoms with Gasteiger partial charge in [0.25, 0.3) is 0 Å². The van der Waals surface area contributed by atoms with Crippen LogP contribution >= 0.6 is 0 Å². The van der Waals surface area contributed by atoms with E-state index in [1.54, 1.807) is 7.11 Å². The Labute approximate surface area is 186 Å². The van der Waals surface area contributed by atoms with Crippen LogP contribution in [0.25, 0.3) is 6.08 Å². The van der Waals surface area contributed by atoms with Crippen molar-refractivity contribution in [2.45, 2.75) is 77.6 Å². The minimum Gasteiger partial charge on any atom is -0.494 e. The van der Waals surface area contributed by atoms with Gasteiger partial charge in [-0.3, -0.25) is 0 Å². The van der Waals surface area contributed by atoms with Crippen molar-refractivity contribution < 1.29 is 4.74 Å². The lowest BCUT2D eigenvalue weighted by molar-refractivity contribution is 0.303. The molecule has 4 nitrogen and oxygen atoms in total. The van der Waals surface area contributed by atoms with Crippen LogP contribution in [0, 0.1) is 5.92 Å².